The minimum atomic E-state index is -3.18. The van der Waals surface area contributed by atoms with Gasteiger partial charge in [-0.05, 0) is 0 Å². The Bertz CT molecular complexity index is 508. The number of thiazole rings is 1. The fourth-order valence-corrected chi connectivity index (χ4v) is 2.93. The topological polar surface area (TPSA) is 51.4 Å². The number of sulfone groups is 1. The first-order valence-corrected chi connectivity index (χ1v) is 5.96. The highest BCUT2D eigenvalue weighted by atomic mass is 32.2. The highest BCUT2D eigenvalue weighted by Gasteiger charge is 2.15. The first-order chi connectivity index (χ1) is 5.59. The molecule has 0 unspecified atom stereocenters. The van der Waals surface area contributed by atoms with Gasteiger partial charge in [-0.1, -0.05) is 0 Å². The number of hydrogen-bond acceptors (Lipinski definition) is 4. The van der Waals surface area contributed by atoms with Crippen molar-refractivity contribution < 1.29 is 8.42 Å². The summed E-state index contributed by atoms with van der Waals surface area (Å²) in [6.07, 6.45) is 4.44. The molecule has 0 atom stereocenters. The van der Waals surface area contributed by atoms with Crippen molar-refractivity contribution in [3.63, 3.8) is 0 Å². The van der Waals surface area contributed by atoms with Gasteiger partial charge in [-0.25, -0.2) is 13.4 Å². The second-order valence-electron chi connectivity index (χ2n) is 2.44. The number of imidazole rings is 1. The summed E-state index contributed by atoms with van der Waals surface area (Å²) < 4.78 is 24.0. The molecule has 0 aliphatic rings. The van der Waals surface area contributed by atoms with Crippen molar-refractivity contribution in [1.29, 1.82) is 0 Å². The molecular formula is C6H6N2O2S2. The Morgan fingerprint density at radius 3 is 3.00 bits per heavy atom. The molecule has 0 bridgehead atoms. The van der Waals surface area contributed by atoms with Crippen LogP contribution in [0.15, 0.2) is 22.9 Å². The average molecular weight is 202 g/mol. The van der Waals surface area contributed by atoms with E-state index in [0.29, 0.717) is 4.83 Å². The third kappa shape index (κ3) is 1.03. The van der Waals surface area contributed by atoms with Crippen molar-refractivity contribution in [3.8, 4) is 0 Å². The van der Waals surface area contributed by atoms with E-state index in [2.05, 4.69) is 4.98 Å². The van der Waals surface area contributed by atoms with Gasteiger partial charge in [0.1, 0.15) is 11.2 Å². The zero-order valence-corrected chi connectivity index (χ0v) is 7.89. The normalized spacial score (nSPS) is 12.4. The monoisotopic (exact) mass is 202 g/mol. The van der Waals surface area contributed by atoms with E-state index in [4.69, 9.17) is 0 Å². The van der Waals surface area contributed by atoms with E-state index in [-0.39, 0.29) is 5.03 Å². The Morgan fingerprint density at radius 2 is 2.33 bits per heavy atom. The van der Waals surface area contributed by atoms with E-state index in [1.54, 1.807) is 10.6 Å². The van der Waals surface area contributed by atoms with Crippen LogP contribution in [0.3, 0.4) is 0 Å². The van der Waals surface area contributed by atoms with E-state index in [1.807, 2.05) is 5.38 Å². The van der Waals surface area contributed by atoms with Gasteiger partial charge in [0, 0.05) is 17.8 Å². The van der Waals surface area contributed by atoms with Gasteiger partial charge in [0.2, 0.25) is 0 Å². The molecule has 0 aromatic carbocycles. The molecule has 2 rings (SSSR count). The molecule has 0 N–H and O–H groups in total. The number of fused-ring (bicyclic) bond motifs is 1. The van der Waals surface area contributed by atoms with Crippen molar-refractivity contribution in [2.45, 2.75) is 5.03 Å². The van der Waals surface area contributed by atoms with Crippen LogP contribution >= 0.6 is 11.3 Å². The summed E-state index contributed by atoms with van der Waals surface area (Å²) in [5.74, 6) is 0. The molecule has 0 saturated carbocycles. The van der Waals surface area contributed by atoms with Crippen molar-refractivity contribution in [1.82, 2.24) is 9.38 Å². The standard InChI is InChI=1S/C6H6N2O2S2/c1-12(9,10)5-6-8(4-7-5)2-3-11-6/h2-4H,1H3. The van der Waals surface area contributed by atoms with Gasteiger partial charge < -0.3 is 0 Å². The molecule has 0 saturated heterocycles. The second-order valence-corrected chi connectivity index (χ2v) is 5.26. The highest BCUT2D eigenvalue weighted by Crippen LogP contribution is 2.19. The third-order valence-corrected chi connectivity index (χ3v) is 3.48. The van der Waals surface area contributed by atoms with Crippen LogP contribution in [0.1, 0.15) is 0 Å². The largest absolute Gasteiger partial charge is 0.296 e. The summed E-state index contributed by atoms with van der Waals surface area (Å²) in [6, 6.07) is 0. The Balaban J connectivity index is 2.87. The van der Waals surface area contributed by atoms with E-state index in [9.17, 15) is 8.42 Å². The summed E-state index contributed by atoms with van der Waals surface area (Å²) >= 11 is 1.37. The van der Waals surface area contributed by atoms with Crippen molar-refractivity contribution in [2.75, 3.05) is 6.26 Å². The van der Waals surface area contributed by atoms with Gasteiger partial charge in [0.15, 0.2) is 14.9 Å². The summed E-state index contributed by atoms with van der Waals surface area (Å²) in [5, 5.41) is 1.99. The number of rotatable bonds is 1. The Hall–Kier alpha value is -0.880. The van der Waals surface area contributed by atoms with Crippen LogP contribution in [0.5, 0.6) is 0 Å². The van der Waals surface area contributed by atoms with Crippen LogP contribution in [0.2, 0.25) is 0 Å². The lowest BCUT2D eigenvalue weighted by atomic mass is 10.9. The van der Waals surface area contributed by atoms with Crippen LogP contribution < -0.4 is 0 Å². The van der Waals surface area contributed by atoms with Gasteiger partial charge in [-0.3, -0.25) is 4.40 Å². The van der Waals surface area contributed by atoms with Gasteiger partial charge in [0.05, 0.1) is 0 Å². The van der Waals surface area contributed by atoms with Crippen LogP contribution in [0.25, 0.3) is 4.83 Å². The second kappa shape index (κ2) is 2.30. The number of aromatic nitrogens is 2. The predicted octanol–water partition coefficient (Wildman–Crippen LogP) is 0.799. The predicted molar refractivity (Wildman–Crippen MR) is 46.2 cm³/mol. The fourth-order valence-electron chi connectivity index (χ4n) is 0.965. The molecule has 0 amide bonds. The molecule has 6 heteroatoms. The van der Waals surface area contributed by atoms with Crippen LogP contribution in [0.4, 0.5) is 0 Å². The molecule has 0 spiro atoms. The molecule has 4 nitrogen and oxygen atoms in total. The smallest absolute Gasteiger partial charge is 0.195 e. The molecule has 0 aliphatic heterocycles. The number of nitrogens with zero attached hydrogens (tertiary/aromatic N) is 2. The molecule has 2 aromatic heterocycles. The zero-order chi connectivity index (χ0) is 8.77. The lowest BCUT2D eigenvalue weighted by molar-refractivity contribution is 0.600. The molecule has 0 radical (unpaired) electrons. The molecule has 0 aliphatic carbocycles. The molecule has 64 valence electrons. The Labute approximate surface area is 73.4 Å². The lowest BCUT2D eigenvalue weighted by Crippen LogP contribution is -1.96. The maximum absolute atomic E-state index is 11.1. The minimum absolute atomic E-state index is 0.164. The summed E-state index contributed by atoms with van der Waals surface area (Å²) in [6.45, 7) is 0. The van der Waals surface area contributed by atoms with E-state index in [0.717, 1.165) is 6.26 Å². The zero-order valence-electron chi connectivity index (χ0n) is 6.26. The first-order valence-electron chi connectivity index (χ1n) is 3.19. The molecule has 0 fully saturated rings. The highest BCUT2D eigenvalue weighted by molar-refractivity contribution is 7.91. The fraction of sp³-hybridized carbons (Fsp3) is 0.167. The Morgan fingerprint density at radius 1 is 1.58 bits per heavy atom. The van der Waals surface area contributed by atoms with Crippen molar-refractivity contribution in [3.05, 3.63) is 17.9 Å². The SMILES string of the molecule is CS(=O)(=O)c1ncn2ccsc12. The third-order valence-electron chi connectivity index (χ3n) is 1.47. The molecule has 2 aromatic rings. The number of hydrogen-bond donors (Lipinski definition) is 0. The summed E-state index contributed by atoms with van der Waals surface area (Å²) in [7, 11) is -3.18. The summed E-state index contributed by atoms with van der Waals surface area (Å²) in [4.78, 5) is 4.49. The maximum Gasteiger partial charge on any atom is 0.195 e. The van der Waals surface area contributed by atoms with E-state index >= 15 is 0 Å². The van der Waals surface area contributed by atoms with Crippen LogP contribution in [0, 0.1) is 0 Å². The minimum Gasteiger partial charge on any atom is -0.296 e. The first kappa shape index (κ1) is 7.75. The van der Waals surface area contributed by atoms with Crippen LogP contribution in [-0.4, -0.2) is 24.1 Å². The average Bonchev–Trinajstić information content (AvgIpc) is 2.37. The van der Waals surface area contributed by atoms with Crippen molar-refractivity contribution in [2.24, 2.45) is 0 Å². The lowest BCUT2D eigenvalue weighted by Gasteiger charge is -1.88. The van der Waals surface area contributed by atoms with Crippen LogP contribution in [-0.2, 0) is 9.84 Å². The van der Waals surface area contributed by atoms with E-state index < -0.39 is 9.84 Å². The van der Waals surface area contributed by atoms with Gasteiger partial charge >= 0.3 is 0 Å². The molecular weight excluding hydrogens is 196 g/mol. The molecule has 12 heavy (non-hydrogen) atoms. The van der Waals surface area contributed by atoms with Gasteiger partial charge in [-0.15, -0.1) is 11.3 Å². The molecule has 2 heterocycles. The van der Waals surface area contributed by atoms with Crippen molar-refractivity contribution >= 4 is 26.0 Å². The van der Waals surface area contributed by atoms with Gasteiger partial charge in [0.25, 0.3) is 0 Å². The quantitative estimate of drug-likeness (QED) is 0.687. The van der Waals surface area contributed by atoms with E-state index in [1.165, 1.54) is 17.7 Å². The Kier molecular flexibility index (Phi) is 1.49. The van der Waals surface area contributed by atoms with Gasteiger partial charge in [-0.2, -0.15) is 0 Å². The summed E-state index contributed by atoms with van der Waals surface area (Å²) in [5.41, 5.74) is 0. The maximum atomic E-state index is 11.1.